The Morgan fingerprint density at radius 3 is 1.15 bits per heavy atom. The Kier molecular flexibility index (Phi) is 7.21. The Hall–Kier alpha value is -5.37. The summed E-state index contributed by atoms with van der Waals surface area (Å²) in [6.07, 6.45) is 1.79. The van der Waals surface area contributed by atoms with Crippen LogP contribution in [0.15, 0.2) is 192 Å². The van der Waals surface area contributed by atoms with E-state index in [0.29, 0.717) is 0 Å². The van der Waals surface area contributed by atoms with Crippen LogP contribution in [0.1, 0.15) is 22.3 Å². The maximum Gasteiger partial charge on any atom is 0.0318 e. The van der Waals surface area contributed by atoms with Gasteiger partial charge in [-0.3, -0.25) is 0 Å². The van der Waals surface area contributed by atoms with Crippen molar-refractivity contribution in [2.45, 2.75) is 28.0 Å². The summed E-state index contributed by atoms with van der Waals surface area (Å²) in [6, 6.07) is 67.4. The molecule has 1 heteroatoms. The van der Waals surface area contributed by atoms with Gasteiger partial charge in [-0.05, 0) is 91.0 Å². The fraction of sp³-hybridized carbons (Fsp3) is 0.0638. The van der Waals surface area contributed by atoms with Crippen LogP contribution in [0.25, 0.3) is 43.8 Å². The molecule has 228 valence electrons. The molecule has 1 aliphatic rings. The number of rotatable bonds is 6. The van der Waals surface area contributed by atoms with Gasteiger partial charge >= 0.3 is 0 Å². The summed E-state index contributed by atoms with van der Waals surface area (Å²) in [5.74, 6) is 0. The van der Waals surface area contributed by atoms with Gasteiger partial charge in [0.2, 0.25) is 0 Å². The number of hydrogen-bond donors (Lipinski definition) is 0. The van der Waals surface area contributed by atoms with E-state index in [1.165, 1.54) is 75.8 Å². The van der Waals surface area contributed by atoms with Crippen molar-refractivity contribution in [2.75, 3.05) is 0 Å². The molecule has 48 heavy (non-hydrogen) atoms. The van der Waals surface area contributed by atoms with Crippen LogP contribution >= 0.6 is 11.8 Å². The summed E-state index contributed by atoms with van der Waals surface area (Å²) in [6.45, 7) is 0. The molecule has 0 radical (unpaired) electrons. The van der Waals surface area contributed by atoms with E-state index in [-0.39, 0.29) is 5.41 Å². The maximum absolute atomic E-state index is 2.37. The largest absolute Gasteiger partial charge is 0.0894 e. The number of hydrogen-bond acceptors (Lipinski definition) is 1. The van der Waals surface area contributed by atoms with Gasteiger partial charge in [0, 0.05) is 15.2 Å². The molecule has 0 atom stereocenters. The smallest absolute Gasteiger partial charge is 0.0318 e. The molecule has 0 unspecified atom stereocenters. The zero-order valence-corrected chi connectivity index (χ0v) is 27.5. The van der Waals surface area contributed by atoms with Crippen LogP contribution in [0.2, 0.25) is 0 Å². The molecule has 0 fully saturated rings. The summed E-state index contributed by atoms with van der Waals surface area (Å²) < 4.78 is 0. The van der Waals surface area contributed by atoms with Crippen LogP contribution in [-0.2, 0) is 18.3 Å². The highest BCUT2D eigenvalue weighted by Gasteiger charge is 2.43. The first-order valence-electron chi connectivity index (χ1n) is 16.8. The van der Waals surface area contributed by atoms with Crippen LogP contribution < -0.4 is 0 Å². The van der Waals surface area contributed by atoms with Gasteiger partial charge in [-0.15, -0.1) is 0 Å². The average molecular weight is 631 g/mol. The second-order valence-corrected chi connectivity index (χ2v) is 14.1. The summed E-state index contributed by atoms with van der Waals surface area (Å²) >= 11 is 1.94. The van der Waals surface area contributed by atoms with Crippen LogP contribution in [0.3, 0.4) is 0 Å². The fourth-order valence-electron chi connectivity index (χ4n) is 7.91. The highest BCUT2D eigenvalue weighted by molar-refractivity contribution is 7.99. The predicted molar refractivity (Wildman–Crippen MR) is 204 cm³/mol. The van der Waals surface area contributed by atoms with Crippen LogP contribution in [-0.4, -0.2) is 0 Å². The average Bonchev–Trinajstić information content (AvgIpc) is 3.16. The van der Waals surface area contributed by atoms with Gasteiger partial charge in [0.1, 0.15) is 0 Å². The minimum Gasteiger partial charge on any atom is -0.0894 e. The highest BCUT2D eigenvalue weighted by atomic mass is 32.2. The molecule has 0 bridgehead atoms. The van der Waals surface area contributed by atoms with Crippen molar-refractivity contribution >= 4 is 33.3 Å². The van der Waals surface area contributed by atoms with Crippen LogP contribution in [0, 0.1) is 0 Å². The van der Waals surface area contributed by atoms with Gasteiger partial charge in [0.05, 0.1) is 0 Å². The first kappa shape index (κ1) is 28.8. The lowest BCUT2D eigenvalue weighted by Crippen LogP contribution is -2.36. The van der Waals surface area contributed by atoms with E-state index >= 15 is 0 Å². The Bertz CT molecular complexity index is 2220. The van der Waals surface area contributed by atoms with E-state index in [0.717, 1.165) is 12.8 Å². The SMILES string of the molecule is c1ccc(-c2ccc(CC3(Cc4ccc(-c5ccccc5)cc4)c4c(ccc5ccccc45)Sc4ccc5ccccc5c43)cc2)cc1. The molecule has 0 saturated carbocycles. The lowest BCUT2D eigenvalue weighted by molar-refractivity contribution is 0.494. The lowest BCUT2D eigenvalue weighted by atomic mass is 9.64. The first-order valence-corrected chi connectivity index (χ1v) is 17.6. The van der Waals surface area contributed by atoms with E-state index < -0.39 is 0 Å². The number of benzene rings is 8. The van der Waals surface area contributed by atoms with Gasteiger partial charge < -0.3 is 0 Å². The Morgan fingerprint density at radius 2 is 0.708 bits per heavy atom. The molecule has 1 heterocycles. The standard InChI is InChI=1S/C47H34S/c1-3-11-35(12-4-1)37-23-19-33(20-24-37)31-47(32-34-21-25-38(26-22-34)36-13-5-2-6-14-36)45-41-17-9-7-15-39(41)27-29-43(45)48-44-30-28-40-16-8-10-18-42(40)46(44)47/h1-30H,31-32H2. The third-order valence-corrected chi connectivity index (χ3v) is 11.2. The van der Waals surface area contributed by atoms with Crippen molar-refractivity contribution in [3.05, 3.63) is 204 Å². The molecule has 0 spiro atoms. The van der Waals surface area contributed by atoms with Gasteiger partial charge in [-0.25, -0.2) is 0 Å². The van der Waals surface area contributed by atoms with Crippen molar-refractivity contribution < 1.29 is 0 Å². The summed E-state index contributed by atoms with van der Waals surface area (Å²) in [4.78, 5) is 2.72. The molecule has 0 N–H and O–H groups in total. The number of fused-ring (bicyclic) bond motifs is 6. The van der Waals surface area contributed by atoms with Crippen molar-refractivity contribution in [1.82, 2.24) is 0 Å². The lowest BCUT2D eigenvalue weighted by Gasteiger charge is -2.43. The molecule has 0 aromatic heterocycles. The van der Waals surface area contributed by atoms with Crippen molar-refractivity contribution in [2.24, 2.45) is 0 Å². The fourth-order valence-corrected chi connectivity index (χ4v) is 9.23. The van der Waals surface area contributed by atoms with E-state index in [9.17, 15) is 0 Å². The topological polar surface area (TPSA) is 0 Å². The summed E-state index contributed by atoms with van der Waals surface area (Å²) in [5, 5.41) is 5.29. The maximum atomic E-state index is 2.37. The zero-order chi connectivity index (χ0) is 31.9. The van der Waals surface area contributed by atoms with Gasteiger partial charge in [-0.2, -0.15) is 0 Å². The molecule has 8 aromatic carbocycles. The van der Waals surface area contributed by atoms with Crippen LogP contribution in [0.4, 0.5) is 0 Å². The quantitative estimate of drug-likeness (QED) is 0.176. The summed E-state index contributed by atoms with van der Waals surface area (Å²) in [5.41, 5.74) is 10.3. The van der Waals surface area contributed by atoms with Gasteiger partial charge in [-0.1, -0.05) is 182 Å². The molecule has 0 amide bonds. The van der Waals surface area contributed by atoms with Crippen molar-refractivity contribution in [3.63, 3.8) is 0 Å². The van der Waals surface area contributed by atoms with E-state index in [1.54, 1.807) is 0 Å². The second-order valence-electron chi connectivity index (χ2n) is 13.0. The third-order valence-electron chi connectivity index (χ3n) is 10.1. The van der Waals surface area contributed by atoms with Gasteiger partial charge in [0.25, 0.3) is 0 Å². The predicted octanol–water partition coefficient (Wildman–Crippen LogP) is 12.6. The Balaban J connectivity index is 1.29. The molecule has 8 aromatic rings. The molecule has 1 aliphatic heterocycles. The second kappa shape index (κ2) is 12.0. The highest BCUT2D eigenvalue weighted by Crippen LogP contribution is 2.56. The van der Waals surface area contributed by atoms with E-state index in [4.69, 9.17) is 0 Å². The Morgan fingerprint density at radius 1 is 0.333 bits per heavy atom. The minimum absolute atomic E-state index is 0.305. The molecule has 9 rings (SSSR count). The third kappa shape index (κ3) is 5.03. The molecule has 0 saturated heterocycles. The van der Waals surface area contributed by atoms with Crippen LogP contribution in [0.5, 0.6) is 0 Å². The van der Waals surface area contributed by atoms with Gasteiger partial charge in [0.15, 0.2) is 0 Å². The molecule has 0 aliphatic carbocycles. The zero-order valence-electron chi connectivity index (χ0n) is 26.6. The molecular formula is C47H34S. The molecule has 0 nitrogen and oxygen atoms in total. The minimum atomic E-state index is -0.305. The van der Waals surface area contributed by atoms with E-state index in [2.05, 4.69) is 182 Å². The normalized spacial score (nSPS) is 13.2. The molecular weight excluding hydrogens is 597 g/mol. The summed E-state index contributed by atoms with van der Waals surface area (Å²) in [7, 11) is 0. The Labute approximate surface area is 286 Å². The first-order chi connectivity index (χ1) is 23.7. The van der Waals surface area contributed by atoms with Crippen molar-refractivity contribution in [1.29, 1.82) is 0 Å². The van der Waals surface area contributed by atoms with E-state index in [1.807, 2.05) is 11.8 Å². The monoisotopic (exact) mass is 630 g/mol. The van der Waals surface area contributed by atoms with Crippen molar-refractivity contribution in [3.8, 4) is 22.3 Å².